The molecule has 0 saturated heterocycles. The van der Waals surface area contributed by atoms with Gasteiger partial charge in [-0.15, -0.1) is 0 Å². The number of hydrogen-bond acceptors (Lipinski definition) is 0. The van der Waals surface area contributed by atoms with E-state index in [0.29, 0.717) is 0 Å². The van der Waals surface area contributed by atoms with E-state index in [9.17, 15) is 0 Å². The second-order valence-corrected chi connectivity index (χ2v) is 10.4. The third-order valence-corrected chi connectivity index (χ3v) is 8.05. The quantitative estimate of drug-likeness (QED) is 0.302. The van der Waals surface area contributed by atoms with Gasteiger partial charge in [0.15, 0.2) is 0 Å². The van der Waals surface area contributed by atoms with Gasteiger partial charge in [0.1, 0.15) is 0 Å². The van der Waals surface area contributed by atoms with E-state index >= 15 is 0 Å². The monoisotopic (exact) mass is 408 g/mol. The van der Waals surface area contributed by atoms with Crippen molar-refractivity contribution in [1.82, 2.24) is 0 Å². The summed E-state index contributed by atoms with van der Waals surface area (Å²) in [6, 6.07) is 9.78. The highest BCUT2D eigenvalue weighted by Crippen LogP contribution is 2.39. The van der Waals surface area contributed by atoms with Crippen molar-refractivity contribution in [3.63, 3.8) is 0 Å². The Morgan fingerprint density at radius 2 is 1.30 bits per heavy atom. The Bertz CT molecular complexity index is 599. The van der Waals surface area contributed by atoms with Gasteiger partial charge < -0.3 is 0 Å². The highest BCUT2D eigenvalue weighted by Gasteiger charge is 2.22. The van der Waals surface area contributed by atoms with Crippen LogP contribution in [0.15, 0.2) is 30.3 Å². The maximum atomic E-state index is 2.56. The SMILES string of the molecule is CCCCCCC1CC=C(c2ccc(C3CCC(CCCCCC)CC3)cc2)CC1. The van der Waals surface area contributed by atoms with Crippen molar-refractivity contribution in [2.24, 2.45) is 11.8 Å². The molecule has 1 aromatic carbocycles. The number of rotatable bonds is 12. The van der Waals surface area contributed by atoms with E-state index in [1.165, 1.54) is 115 Å². The van der Waals surface area contributed by atoms with Gasteiger partial charge in [-0.25, -0.2) is 0 Å². The zero-order chi connectivity index (χ0) is 21.0. The molecule has 0 spiro atoms. The number of allylic oxidation sites excluding steroid dienone is 2. The summed E-state index contributed by atoms with van der Waals surface area (Å²) >= 11 is 0. The fourth-order valence-corrected chi connectivity index (χ4v) is 5.89. The van der Waals surface area contributed by atoms with Crippen molar-refractivity contribution >= 4 is 5.57 Å². The molecule has 0 radical (unpaired) electrons. The van der Waals surface area contributed by atoms with Gasteiger partial charge in [0, 0.05) is 0 Å². The van der Waals surface area contributed by atoms with E-state index in [0.717, 1.165) is 17.8 Å². The lowest BCUT2D eigenvalue weighted by Gasteiger charge is -2.29. The molecule has 0 heterocycles. The number of hydrogen-bond donors (Lipinski definition) is 0. The first kappa shape index (κ1) is 23.6. The van der Waals surface area contributed by atoms with Gasteiger partial charge in [0.25, 0.3) is 0 Å². The van der Waals surface area contributed by atoms with E-state index < -0.39 is 0 Å². The van der Waals surface area contributed by atoms with Crippen LogP contribution in [-0.4, -0.2) is 0 Å². The third kappa shape index (κ3) is 7.58. The molecule has 30 heavy (non-hydrogen) atoms. The van der Waals surface area contributed by atoms with Crippen molar-refractivity contribution in [1.29, 1.82) is 0 Å². The lowest BCUT2D eigenvalue weighted by Crippen LogP contribution is -2.13. The molecule has 0 N–H and O–H groups in total. The van der Waals surface area contributed by atoms with Crippen LogP contribution < -0.4 is 0 Å². The molecule has 1 saturated carbocycles. The van der Waals surface area contributed by atoms with Crippen LogP contribution in [0.5, 0.6) is 0 Å². The summed E-state index contributed by atoms with van der Waals surface area (Å²) in [5, 5.41) is 0. The Morgan fingerprint density at radius 1 is 0.667 bits per heavy atom. The minimum atomic E-state index is 0.818. The molecule has 1 unspecified atom stereocenters. The van der Waals surface area contributed by atoms with E-state index in [4.69, 9.17) is 0 Å². The Balaban J connectivity index is 1.41. The van der Waals surface area contributed by atoms with Gasteiger partial charge in [-0.05, 0) is 79.4 Å². The van der Waals surface area contributed by atoms with Crippen LogP contribution in [0.25, 0.3) is 5.57 Å². The summed E-state index contributed by atoms with van der Waals surface area (Å²) in [7, 11) is 0. The third-order valence-electron chi connectivity index (χ3n) is 8.05. The fraction of sp³-hybridized carbons (Fsp3) is 0.733. The van der Waals surface area contributed by atoms with Crippen LogP contribution in [0.1, 0.15) is 140 Å². The normalized spacial score (nSPS) is 24.6. The van der Waals surface area contributed by atoms with Crippen LogP contribution >= 0.6 is 0 Å². The molecule has 0 amide bonds. The molecule has 0 bridgehead atoms. The summed E-state index contributed by atoms with van der Waals surface area (Å²) in [5.41, 5.74) is 4.71. The van der Waals surface area contributed by atoms with Crippen LogP contribution in [-0.2, 0) is 0 Å². The van der Waals surface area contributed by atoms with Gasteiger partial charge in [-0.2, -0.15) is 0 Å². The molecule has 0 heteroatoms. The molecule has 1 atom stereocenters. The molecule has 0 aliphatic heterocycles. The van der Waals surface area contributed by atoms with Crippen LogP contribution in [0.4, 0.5) is 0 Å². The minimum absolute atomic E-state index is 0.818. The van der Waals surface area contributed by atoms with Crippen molar-refractivity contribution in [2.75, 3.05) is 0 Å². The van der Waals surface area contributed by atoms with Crippen molar-refractivity contribution in [3.05, 3.63) is 41.5 Å². The van der Waals surface area contributed by atoms with Crippen molar-refractivity contribution < 1.29 is 0 Å². The average Bonchev–Trinajstić information content (AvgIpc) is 2.81. The lowest BCUT2D eigenvalue weighted by molar-refractivity contribution is 0.302. The van der Waals surface area contributed by atoms with Gasteiger partial charge in [-0.3, -0.25) is 0 Å². The summed E-state index contributed by atoms with van der Waals surface area (Å²) in [6.45, 7) is 4.62. The largest absolute Gasteiger partial charge is 0.0804 e. The first-order chi connectivity index (χ1) is 14.8. The maximum Gasteiger partial charge on any atom is -0.0162 e. The zero-order valence-corrected chi connectivity index (χ0v) is 20.1. The second kappa shape index (κ2) is 13.4. The Morgan fingerprint density at radius 3 is 1.87 bits per heavy atom. The molecule has 0 nitrogen and oxygen atoms in total. The summed E-state index contributed by atoms with van der Waals surface area (Å²) in [4.78, 5) is 0. The highest BCUT2D eigenvalue weighted by atomic mass is 14.3. The molecular weight excluding hydrogens is 360 g/mol. The lowest BCUT2D eigenvalue weighted by atomic mass is 9.76. The van der Waals surface area contributed by atoms with E-state index in [1.54, 1.807) is 11.1 Å². The first-order valence-corrected chi connectivity index (χ1v) is 13.6. The predicted molar refractivity (Wildman–Crippen MR) is 134 cm³/mol. The summed E-state index contributed by atoms with van der Waals surface area (Å²) in [6.07, 6.45) is 26.6. The standard InChI is InChI=1S/C30H48/c1-3-5-7-9-11-25-13-17-27(18-14-25)29-21-23-30(24-22-29)28-19-15-26(16-20-28)12-10-8-6-4-2/h17,21-26,28H,3-16,18-20H2,1-2H3. The van der Waals surface area contributed by atoms with E-state index in [1.807, 2.05) is 0 Å². The Hall–Kier alpha value is -1.04. The molecule has 1 fully saturated rings. The molecule has 2 aliphatic carbocycles. The molecular formula is C30H48. The predicted octanol–water partition coefficient (Wildman–Crippen LogP) is 10.1. The summed E-state index contributed by atoms with van der Waals surface area (Å²) < 4.78 is 0. The average molecular weight is 409 g/mol. The molecule has 168 valence electrons. The van der Waals surface area contributed by atoms with Crippen LogP contribution in [0.2, 0.25) is 0 Å². The smallest absolute Gasteiger partial charge is 0.0162 e. The highest BCUT2D eigenvalue weighted by molar-refractivity contribution is 5.66. The Labute approximate surface area is 187 Å². The van der Waals surface area contributed by atoms with Gasteiger partial charge in [-0.1, -0.05) is 108 Å². The van der Waals surface area contributed by atoms with E-state index in [2.05, 4.69) is 44.2 Å². The number of unbranched alkanes of at least 4 members (excludes halogenated alkanes) is 6. The summed E-state index contributed by atoms with van der Waals surface area (Å²) in [5.74, 6) is 2.78. The van der Waals surface area contributed by atoms with Gasteiger partial charge in [0.2, 0.25) is 0 Å². The molecule has 0 aromatic heterocycles. The van der Waals surface area contributed by atoms with Gasteiger partial charge in [0.05, 0.1) is 0 Å². The van der Waals surface area contributed by atoms with Crippen molar-refractivity contribution in [2.45, 2.75) is 129 Å². The fourth-order valence-electron chi connectivity index (χ4n) is 5.89. The molecule has 2 aliphatic rings. The van der Waals surface area contributed by atoms with Crippen molar-refractivity contribution in [3.8, 4) is 0 Å². The van der Waals surface area contributed by atoms with Gasteiger partial charge >= 0.3 is 0 Å². The van der Waals surface area contributed by atoms with Crippen LogP contribution in [0, 0.1) is 11.8 Å². The topological polar surface area (TPSA) is 0 Å². The molecule has 1 aromatic rings. The molecule has 3 rings (SSSR count). The van der Waals surface area contributed by atoms with Crippen LogP contribution in [0.3, 0.4) is 0 Å². The minimum Gasteiger partial charge on any atom is -0.0804 e. The first-order valence-electron chi connectivity index (χ1n) is 13.6. The zero-order valence-electron chi connectivity index (χ0n) is 20.1. The maximum absolute atomic E-state index is 2.56. The Kier molecular flexibility index (Phi) is 10.5. The number of benzene rings is 1. The van der Waals surface area contributed by atoms with E-state index in [-0.39, 0.29) is 0 Å². The second-order valence-electron chi connectivity index (χ2n) is 10.4.